The summed E-state index contributed by atoms with van der Waals surface area (Å²) in [6.07, 6.45) is 8.80. The zero-order valence-electron chi connectivity index (χ0n) is 8.24. The Kier molecular flexibility index (Phi) is 3.18. The summed E-state index contributed by atoms with van der Waals surface area (Å²) >= 11 is 11.9. The Morgan fingerprint density at radius 3 is 2.20 bits per heavy atom. The highest BCUT2D eigenvalue weighted by atomic mass is 35.5. The molecule has 0 aliphatic heterocycles. The van der Waals surface area contributed by atoms with Crippen LogP contribution in [0.2, 0.25) is 0 Å². The Hall–Kier alpha value is -0.720. The van der Waals surface area contributed by atoms with Gasteiger partial charge in [0.05, 0.1) is 0 Å². The third-order valence-electron chi connectivity index (χ3n) is 2.45. The molecule has 0 saturated heterocycles. The standard InChI is InChI=1S/C13H12Cl2/c14-13(15)8-6-12(7-9-13)10-11-4-2-1-3-5-11/h1-9,12H,10H2. The van der Waals surface area contributed by atoms with Gasteiger partial charge < -0.3 is 0 Å². The predicted molar refractivity (Wildman–Crippen MR) is 66.4 cm³/mol. The lowest BCUT2D eigenvalue weighted by molar-refractivity contribution is 0.785. The summed E-state index contributed by atoms with van der Waals surface area (Å²) in [6.45, 7) is 0. The van der Waals surface area contributed by atoms with E-state index in [4.69, 9.17) is 23.2 Å². The fourth-order valence-corrected chi connectivity index (χ4v) is 1.94. The second kappa shape index (κ2) is 4.42. The highest BCUT2D eigenvalue weighted by Crippen LogP contribution is 2.30. The molecule has 0 heterocycles. The van der Waals surface area contributed by atoms with Crippen molar-refractivity contribution in [2.75, 3.05) is 0 Å². The summed E-state index contributed by atoms with van der Waals surface area (Å²) in [5.74, 6) is 0.401. The van der Waals surface area contributed by atoms with Gasteiger partial charge in [-0.05, 0) is 30.1 Å². The van der Waals surface area contributed by atoms with E-state index >= 15 is 0 Å². The van der Waals surface area contributed by atoms with Crippen molar-refractivity contribution in [3.8, 4) is 0 Å². The van der Waals surface area contributed by atoms with Crippen LogP contribution in [-0.4, -0.2) is 4.33 Å². The topological polar surface area (TPSA) is 0 Å². The molecule has 78 valence electrons. The molecule has 2 rings (SSSR count). The lowest BCUT2D eigenvalue weighted by Crippen LogP contribution is -2.11. The Morgan fingerprint density at radius 2 is 1.60 bits per heavy atom. The molecule has 0 spiro atoms. The van der Waals surface area contributed by atoms with Gasteiger partial charge in [0.1, 0.15) is 0 Å². The van der Waals surface area contributed by atoms with Crippen molar-refractivity contribution < 1.29 is 0 Å². The number of hydrogen-bond acceptors (Lipinski definition) is 0. The van der Waals surface area contributed by atoms with Crippen molar-refractivity contribution in [1.82, 2.24) is 0 Å². The molecule has 0 atom stereocenters. The largest absolute Gasteiger partial charge is 0.154 e. The first-order chi connectivity index (χ1) is 7.16. The molecule has 1 aliphatic rings. The van der Waals surface area contributed by atoms with Crippen LogP contribution in [0, 0.1) is 5.92 Å². The maximum Gasteiger partial charge on any atom is 0.154 e. The van der Waals surface area contributed by atoms with Crippen LogP contribution in [0.25, 0.3) is 0 Å². The molecular formula is C13H12Cl2. The molecular weight excluding hydrogens is 227 g/mol. The molecule has 0 fully saturated rings. The smallest absolute Gasteiger partial charge is 0.0923 e. The first-order valence-electron chi connectivity index (χ1n) is 4.96. The average Bonchev–Trinajstić information content (AvgIpc) is 2.23. The third-order valence-corrected chi connectivity index (χ3v) is 2.95. The van der Waals surface area contributed by atoms with Gasteiger partial charge in [-0.15, -0.1) is 0 Å². The predicted octanol–water partition coefficient (Wildman–Crippen LogP) is 4.15. The minimum Gasteiger partial charge on any atom is -0.0923 e. The Labute approximate surface area is 100 Å². The number of hydrogen-bond donors (Lipinski definition) is 0. The number of alkyl halides is 2. The van der Waals surface area contributed by atoms with Gasteiger partial charge in [-0.1, -0.05) is 65.7 Å². The van der Waals surface area contributed by atoms with Crippen molar-refractivity contribution in [2.45, 2.75) is 10.8 Å². The van der Waals surface area contributed by atoms with Crippen LogP contribution in [0.4, 0.5) is 0 Å². The number of halogens is 2. The second-order valence-corrected chi connectivity index (χ2v) is 5.19. The van der Waals surface area contributed by atoms with Gasteiger partial charge in [0.2, 0.25) is 0 Å². The molecule has 15 heavy (non-hydrogen) atoms. The number of rotatable bonds is 2. The van der Waals surface area contributed by atoms with Gasteiger partial charge in [-0.2, -0.15) is 0 Å². The van der Waals surface area contributed by atoms with Gasteiger partial charge >= 0.3 is 0 Å². The zero-order valence-corrected chi connectivity index (χ0v) is 9.75. The lowest BCUT2D eigenvalue weighted by Gasteiger charge is -2.18. The molecule has 0 amide bonds. The molecule has 1 aliphatic carbocycles. The van der Waals surface area contributed by atoms with E-state index in [0.29, 0.717) is 5.92 Å². The van der Waals surface area contributed by atoms with Gasteiger partial charge in [-0.3, -0.25) is 0 Å². The maximum absolute atomic E-state index is 5.93. The Bertz CT molecular complexity index is 361. The SMILES string of the molecule is ClC1(Cl)C=CC(Cc2ccccc2)C=C1. The monoisotopic (exact) mass is 238 g/mol. The van der Waals surface area contributed by atoms with Gasteiger partial charge in [0.15, 0.2) is 4.33 Å². The molecule has 0 bridgehead atoms. The van der Waals surface area contributed by atoms with Crippen LogP contribution < -0.4 is 0 Å². The van der Waals surface area contributed by atoms with E-state index in [0.717, 1.165) is 6.42 Å². The molecule has 0 nitrogen and oxygen atoms in total. The van der Waals surface area contributed by atoms with Crippen molar-refractivity contribution >= 4 is 23.2 Å². The van der Waals surface area contributed by atoms with Crippen LogP contribution in [-0.2, 0) is 6.42 Å². The van der Waals surface area contributed by atoms with Gasteiger partial charge in [0.25, 0.3) is 0 Å². The normalized spacial score (nSPS) is 19.3. The number of allylic oxidation sites excluding steroid dienone is 4. The van der Waals surface area contributed by atoms with E-state index in [1.54, 1.807) is 0 Å². The second-order valence-electron chi connectivity index (χ2n) is 3.75. The summed E-state index contributed by atoms with van der Waals surface area (Å²) in [6, 6.07) is 10.4. The molecule has 2 heteroatoms. The minimum absolute atomic E-state index is 0.401. The minimum atomic E-state index is -0.812. The molecule has 0 saturated carbocycles. The first-order valence-corrected chi connectivity index (χ1v) is 5.72. The molecule has 0 unspecified atom stereocenters. The van der Waals surface area contributed by atoms with Crippen molar-refractivity contribution in [3.05, 3.63) is 60.2 Å². The van der Waals surface area contributed by atoms with Crippen LogP contribution in [0.1, 0.15) is 5.56 Å². The fourth-order valence-electron chi connectivity index (χ4n) is 1.65. The van der Waals surface area contributed by atoms with Gasteiger partial charge in [0, 0.05) is 0 Å². The summed E-state index contributed by atoms with van der Waals surface area (Å²) in [5.41, 5.74) is 1.33. The maximum atomic E-state index is 5.93. The van der Waals surface area contributed by atoms with Crippen LogP contribution in [0.5, 0.6) is 0 Å². The zero-order chi connectivity index (χ0) is 10.7. The Balaban J connectivity index is 2.02. The molecule has 1 aromatic carbocycles. The molecule has 1 aromatic rings. The Morgan fingerprint density at radius 1 is 1.00 bits per heavy atom. The van der Waals surface area contributed by atoms with E-state index in [-0.39, 0.29) is 0 Å². The van der Waals surface area contributed by atoms with E-state index in [2.05, 4.69) is 36.4 Å². The van der Waals surface area contributed by atoms with E-state index < -0.39 is 4.33 Å². The summed E-state index contributed by atoms with van der Waals surface area (Å²) < 4.78 is -0.812. The third kappa shape index (κ3) is 3.12. The molecule has 0 N–H and O–H groups in total. The van der Waals surface area contributed by atoms with E-state index in [1.807, 2.05) is 18.2 Å². The number of benzene rings is 1. The molecule has 0 aromatic heterocycles. The fraction of sp³-hybridized carbons (Fsp3) is 0.231. The summed E-state index contributed by atoms with van der Waals surface area (Å²) in [4.78, 5) is 0. The highest BCUT2D eigenvalue weighted by Gasteiger charge is 2.20. The highest BCUT2D eigenvalue weighted by molar-refractivity contribution is 6.51. The molecule has 0 radical (unpaired) electrons. The first kappa shape index (κ1) is 10.8. The summed E-state index contributed by atoms with van der Waals surface area (Å²) in [5, 5.41) is 0. The van der Waals surface area contributed by atoms with Crippen LogP contribution in [0.15, 0.2) is 54.6 Å². The van der Waals surface area contributed by atoms with Crippen LogP contribution >= 0.6 is 23.2 Å². The van der Waals surface area contributed by atoms with E-state index in [1.165, 1.54) is 5.56 Å². The summed E-state index contributed by atoms with van der Waals surface area (Å²) in [7, 11) is 0. The van der Waals surface area contributed by atoms with Crippen molar-refractivity contribution in [2.24, 2.45) is 5.92 Å². The lowest BCUT2D eigenvalue weighted by atomic mass is 9.95. The van der Waals surface area contributed by atoms with Crippen molar-refractivity contribution in [3.63, 3.8) is 0 Å². The van der Waals surface area contributed by atoms with Crippen LogP contribution in [0.3, 0.4) is 0 Å². The van der Waals surface area contributed by atoms with Gasteiger partial charge in [-0.25, -0.2) is 0 Å². The van der Waals surface area contributed by atoms with Crippen molar-refractivity contribution in [1.29, 1.82) is 0 Å². The average molecular weight is 239 g/mol. The van der Waals surface area contributed by atoms with E-state index in [9.17, 15) is 0 Å². The quantitative estimate of drug-likeness (QED) is 0.537.